The van der Waals surface area contributed by atoms with Gasteiger partial charge in [0.05, 0.1) is 4.92 Å². The van der Waals surface area contributed by atoms with Crippen molar-refractivity contribution >= 4 is 21.4 Å². The third-order valence-corrected chi connectivity index (χ3v) is 4.01. The van der Waals surface area contributed by atoms with E-state index in [2.05, 4.69) is 4.72 Å². The fraction of sp³-hybridized carbons (Fsp3) is 0.455. The maximum Gasteiger partial charge on any atom is 0.312 e. The minimum Gasteiger partial charge on any atom is -0.393 e. The number of sulfonamides is 1. The summed E-state index contributed by atoms with van der Waals surface area (Å²) in [5.41, 5.74) is 4.71. The molecule has 0 spiro atoms. The van der Waals surface area contributed by atoms with Crippen LogP contribution in [0.1, 0.15) is 20.3 Å². The van der Waals surface area contributed by atoms with E-state index in [0.29, 0.717) is 12.3 Å². The van der Waals surface area contributed by atoms with Crippen LogP contribution in [0.25, 0.3) is 0 Å². The third-order valence-electron chi connectivity index (χ3n) is 2.52. The van der Waals surface area contributed by atoms with Gasteiger partial charge in [-0.3, -0.25) is 10.1 Å². The second-order valence-corrected chi connectivity index (χ2v) is 6.27. The molecule has 0 amide bonds. The molecule has 0 saturated heterocycles. The van der Waals surface area contributed by atoms with Gasteiger partial charge in [0.2, 0.25) is 10.0 Å². The summed E-state index contributed by atoms with van der Waals surface area (Å²) in [5.74, 6) is 0.332. The minimum atomic E-state index is -3.93. The smallest absolute Gasteiger partial charge is 0.312 e. The molecular formula is C11H17N3O4S. The molecule has 1 aromatic rings. The van der Waals surface area contributed by atoms with Crippen molar-refractivity contribution in [3.8, 4) is 0 Å². The molecule has 7 nitrogen and oxygen atoms in total. The number of hydrogen-bond acceptors (Lipinski definition) is 5. The quantitative estimate of drug-likeness (QED) is 0.467. The summed E-state index contributed by atoms with van der Waals surface area (Å²) >= 11 is 0. The highest BCUT2D eigenvalue weighted by molar-refractivity contribution is 7.89. The Morgan fingerprint density at radius 3 is 2.58 bits per heavy atom. The van der Waals surface area contributed by atoms with E-state index < -0.39 is 25.5 Å². The lowest BCUT2D eigenvalue weighted by molar-refractivity contribution is -0.386. The van der Waals surface area contributed by atoms with Crippen LogP contribution in [0.3, 0.4) is 0 Å². The van der Waals surface area contributed by atoms with Crippen molar-refractivity contribution in [3.05, 3.63) is 28.3 Å². The van der Waals surface area contributed by atoms with E-state index >= 15 is 0 Å². The first-order chi connectivity index (χ1) is 8.75. The lowest BCUT2D eigenvalue weighted by atomic mass is 10.1. The van der Waals surface area contributed by atoms with Crippen LogP contribution in [0, 0.1) is 16.0 Å². The molecule has 1 aromatic carbocycles. The zero-order valence-electron chi connectivity index (χ0n) is 10.8. The van der Waals surface area contributed by atoms with Crippen molar-refractivity contribution in [3.63, 3.8) is 0 Å². The van der Waals surface area contributed by atoms with Gasteiger partial charge in [0, 0.05) is 6.54 Å². The molecule has 19 heavy (non-hydrogen) atoms. The van der Waals surface area contributed by atoms with E-state index in [-0.39, 0.29) is 12.2 Å². The van der Waals surface area contributed by atoms with Crippen LogP contribution in [0.5, 0.6) is 0 Å². The number of nitrogen functional groups attached to an aromatic ring is 1. The normalized spacial score (nSPS) is 11.7. The number of anilines is 1. The zero-order valence-corrected chi connectivity index (χ0v) is 11.6. The van der Waals surface area contributed by atoms with Crippen LogP contribution in [0.2, 0.25) is 0 Å². The summed E-state index contributed by atoms with van der Waals surface area (Å²) in [5, 5.41) is 10.9. The molecule has 0 aliphatic carbocycles. The first-order valence-corrected chi connectivity index (χ1v) is 7.26. The fourth-order valence-electron chi connectivity index (χ4n) is 1.51. The Morgan fingerprint density at radius 2 is 2.05 bits per heavy atom. The van der Waals surface area contributed by atoms with Crippen molar-refractivity contribution in [2.75, 3.05) is 12.3 Å². The molecule has 0 aliphatic rings. The summed E-state index contributed by atoms with van der Waals surface area (Å²) in [4.78, 5) is 9.72. The molecule has 0 heterocycles. The standard InChI is InChI=1S/C11H17N3O4S/c1-8(2)6-7-13-19(17,18)10-5-3-4-9(12)11(10)14(15)16/h3-5,8,13H,6-7,12H2,1-2H3. The molecule has 1 rings (SSSR count). The Morgan fingerprint density at radius 1 is 1.42 bits per heavy atom. The monoisotopic (exact) mass is 287 g/mol. The largest absolute Gasteiger partial charge is 0.393 e. The molecule has 0 radical (unpaired) electrons. The highest BCUT2D eigenvalue weighted by atomic mass is 32.2. The Hall–Kier alpha value is -1.67. The van der Waals surface area contributed by atoms with Gasteiger partial charge >= 0.3 is 5.69 Å². The first-order valence-electron chi connectivity index (χ1n) is 5.78. The second-order valence-electron chi connectivity index (χ2n) is 4.53. The van der Waals surface area contributed by atoms with Gasteiger partial charge in [-0.15, -0.1) is 0 Å². The Bertz CT molecular complexity index is 569. The topological polar surface area (TPSA) is 115 Å². The Labute approximate surface area is 112 Å². The van der Waals surface area contributed by atoms with Crippen LogP contribution in [0.4, 0.5) is 11.4 Å². The van der Waals surface area contributed by atoms with Gasteiger partial charge in [0.15, 0.2) is 4.90 Å². The molecule has 0 aromatic heterocycles. The van der Waals surface area contributed by atoms with E-state index in [9.17, 15) is 18.5 Å². The van der Waals surface area contributed by atoms with E-state index in [1.165, 1.54) is 18.2 Å². The molecular weight excluding hydrogens is 270 g/mol. The lowest BCUT2D eigenvalue weighted by Gasteiger charge is -2.09. The molecule has 106 valence electrons. The van der Waals surface area contributed by atoms with Crippen molar-refractivity contribution in [1.29, 1.82) is 0 Å². The lowest BCUT2D eigenvalue weighted by Crippen LogP contribution is -2.26. The average molecular weight is 287 g/mol. The molecule has 0 bridgehead atoms. The number of nitro benzene ring substituents is 1. The average Bonchev–Trinajstić information content (AvgIpc) is 2.27. The van der Waals surface area contributed by atoms with Gasteiger partial charge in [0.25, 0.3) is 0 Å². The third kappa shape index (κ3) is 3.90. The molecule has 0 saturated carbocycles. The van der Waals surface area contributed by atoms with Crippen molar-refractivity contribution in [2.45, 2.75) is 25.2 Å². The summed E-state index contributed by atoms with van der Waals surface area (Å²) in [6.07, 6.45) is 0.648. The van der Waals surface area contributed by atoms with Crippen molar-refractivity contribution in [2.24, 2.45) is 5.92 Å². The number of nitrogens with two attached hydrogens (primary N) is 1. The van der Waals surface area contributed by atoms with Crippen molar-refractivity contribution in [1.82, 2.24) is 4.72 Å². The number of rotatable bonds is 6. The predicted molar refractivity (Wildman–Crippen MR) is 72.2 cm³/mol. The number of hydrogen-bond donors (Lipinski definition) is 2. The predicted octanol–water partition coefficient (Wildman–Crippen LogP) is 1.50. The van der Waals surface area contributed by atoms with E-state index in [0.717, 1.165) is 0 Å². The summed E-state index contributed by atoms with van der Waals surface area (Å²) in [6.45, 7) is 4.14. The Kier molecular flexibility index (Phi) is 4.84. The highest BCUT2D eigenvalue weighted by Gasteiger charge is 2.27. The minimum absolute atomic E-state index is 0.170. The summed E-state index contributed by atoms with van der Waals surface area (Å²) in [7, 11) is -3.93. The SMILES string of the molecule is CC(C)CCNS(=O)(=O)c1cccc(N)c1[N+](=O)[O-]. The Balaban J connectivity index is 3.08. The highest BCUT2D eigenvalue weighted by Crippen LogP contribution is 2.29. The first kappa shape index (κ1) is 15.4. The van der Waals surface area contributed by atoms with E-state index in [4.69, 9.17) is 5.73 Å². The van der Waals surface area contributed by atoms with Crippen LogP contribution >= 0.6 is 0 Å². The summed E-state index contributed by atoms with van der Waals surface area (Å²) < 4.78 is 26.4. The fourth-order valence-corrected chi connectivity index (χ4v) is 2.76. The summed E-state index contributed by atoms with van der Waals surface area (Å²) in [6, 6.07) is 3.84. The molecule has 8 heteroatoms. The van der Waals surface area contributed by atoms with Crippen LogP contribution < -0.4 is 10.5 Å². The molecule has 0 unspecified atom stereocenters. The van der Waals surface area contributed by atoms with Gasteiger partial charge in [-0.05, 0) is 24.5 Å². The van der Waals surface area contributed by atoms with E-state index in [1.807, 2.05) is 13.8 Å². The number of benzene rings is 1. The molecule has 3 N–H and O–H groups in total. The van der Waals surface area contributed by atoms with Gasteiger partial charge in [-0.1, -0.05) is 19.9 Å². The molecule has 0 aliphatic heterocycles. The number of nitrogens with zero attached hydrogens (tertiary/aromatic N) is 1. The maximum absolute atomic E-state index is 12.0. The number of nitro groups is 1. The van der Waals surface area contributed by atoms with Gasteiger partial charge < -0.3 is 5.73 Å². The van der Waals surface area contributed by atoms with Crippen LogP contribution in [-0.4, -0.2) is 19.9 Å². The van der Waals surface area contributed by atoms with Crippen LogP contribution in [0.15, 0.2) is 23.1 Å². The van der Waals surface area contributed by atoms with Crippen molar-refractivity contribution < 1.29 is 13.3 Å². The maximum atomic E-state index is 12.0. The van der Waals surface area contributed by atoms with E-state index in [1.54, 1.807) is 0 Å². The van der Waals surface area contributed by atoms with Gasteiger partial charge in [-0.2, -0.15) is 0 Å². The second kappa shape index (κ2) is 5.98. The van der Waals surface area contributed by atoms with Crippen LogP contribution in [-0.2, 0) is 10.0 Å². The molecule has 0 fully saturated rings. The number of nitrogens with one attached hydrogen (secondary N) is 1. The van der Waals surface area contributed by atoms with Gasteiger partial charge in [-0.25, -0.2) is 13.1 Å². The van der Waals surface area contributed by atoms with Gasteiger partial charge in [0.1, 0.15) is 5.69 Å². The molecule has 0 atom stereocenters. The zero-order chi connectivity index (χ0) is 14.6. The number of para-hydroxylation sites is 1.